The van der Waals surface area contributed by atoms with E-state index in [2.05, 4.69) is 77.1 Å². The standard InChI is InChI=1S/C30H37NO2/c1-6-22-13-10-14-23(7-2)30(22)28-18-29(33-20(3)4)27(21(5)31-28)19-32-26-16-15-24-11-8-9-12-25(24)17-26/h10,13-18,20H,6-9,11-12,19H2,1-5H3. The molecule has 0 amide bonds. The molecule has 0 radical (unpaired) electrons. The summed E-state index contributed by atoms with van der Waals surface area (Å²) in [5.41, 5.74) is 9.80. The lowest BCUT2D eigenvalue weighted by atomic mass is 9.92. The van der Waals surface area contributed by atoms with E-state index in [1.165, 1.54) is 47.1 Å². The lowest BCUT2D eigenvalue weighted by molar-refractivity contribution is 0.229. The molecule has 0 saturated carbocycles. The zero-order valence-electron chi connectivity index (χ0n) is 20.8. The van der Waals surface area contributed by atoms with Crippen molar-refractivity contribution in [2.75, 3.05) is 0 Å². The number of benzene rings is 2. The minimum atomic E-state index is 0.0780. The van der Waals surface area contributed by atoms with E-state index >= 15 is 0 Å². The highest BCUT2D eigenvalue weighted by molar-refractivity contribution is 5.70. The number of hydrogen-bond acceptors (Lipinski definition) is 3. The fourth-order valence-electron chi connectivity index (χ4n) is 4.86. The van der Waals surface area contributed by atoms with Crippen LogP contribution in [0.5, 0.6) is 11.5 Å². The Hall–Kier alpha value is -2.81. The average molecular weight is 444 g/mol. The van der Waals surface area contributed by atoms with Crippen molar-refractivity contribution in [1.82, 2.24) is 4.98 Å². The second-order valence-electron chi connectivity index (χ2n) is 9.32. The smallest absolute Gasteiger partial charge is 0.130 e. The normalized spacial score (nSPS) is 13.2. The maximum atomic E-state index is 6.29. The first-order chi connectivity index (χ1) is 16.0. The van der Waals surface area contributed by atoms with E-state index < -0.39 is 0 Å². The van der Waals surface area contributed by atoms with Crippen molar-refractivity contribution < 1.29 is 9.47 Å². The highest BCUT2D eigenvalue weighted by Crippen LogP contribution is 2.34. The first-order valence-electron chi connectivity index (χ1n) is 12.5. The van der Waals surface area contributed by atoms with Crippen LogP contribution in [0, 0.1) is 6.92 Å². The van der Waals surface area contributed by atoms with Gasteiger partial charge in [-0.1, -0.05) is 38.1 Å². The Bertz CT molecular complexity index is 1090. The number of fused-ring (bicyclic) bond motifs is 1. The van der Waals surface area contributed by atoms with Crippen molar-refractivity contribution >= 4 is 0 Å². The molecule has 0 atom stereocenters. The minimum absolute atomic E-state index is 0.0780. The quantitative estimate of drug-likeness (QED) is 0.363. The Balaban J connectivity index is 1.68. The molecule has 174 valence electrons. The Morgan fingerprint density at radius 1 is 0.909 bits per heavy atom. The number of aryl methyl sites for hydroxylation is 5. The maximum Gasteiger partial charge on any atom is 0.130 e. The molecule has 1 aliphatic rings. The van der Waals surface area contributed by atoms with Crippen molar-refractivity contribution in [1.29, 1.82) is 0 Å². The molecule has 1 heterocycles. The topological polar surface area (TPSA) is 31.4 Å². The molecule has 3 aromatic rings. The summed E-state index contributed by atoms with van der Waals surface area (Å²) in [5, 5.41) is 0. The van der Waals surface area contributed by atoms with Crippen LogP contribution in [0.2, 0.25) is 0 Å². The van der Waals surface area contributed by atoms with Crippen molar-refractivity contribution in [3.63, 3.8) is 0 Å². The van der Waals surface area contributed by atoms with Crippen molar-refractivity contribution in [2.45, 2.75) is 85.9 Å². The number of hydrogen-bond donors (Lipinski definition) is 0. The molecule has 0 bridgehead atoms. The highest BCUT2D eigenvalue weighted by Gasteiger charge is 2.18. The van der Waals surface area contributed by atoms with Gasteiger partial charge in [0.25, 0.3) is 0 Å². The molecule has 0 N–H and O–H groups in total. The van der Waals surface area contributed by atoms with Gasteiger partial charge in [0, 0.05) is 17.3 Å². The van der Waals surface area contributed by atoms with E-state index in [0.717, 1.165) is 47.7 Å². The largest absolute Gasteiger partial charge is 0.490 e. The summed E-state index contributed by atoms with van der Waals surface area (Å²) in [6.45, 7) is 11.1. The van der Waals surface area contributed by atoms with Gasteiger partial charge in [-0.2, -0.15) is 0 Å². The van der Waals surface area contributed by atoms with Crippen LogP contribution in [-0.4, -0.2) is 11.1 Å². The van der Waals surface area contributed by atoms with Gasteiger partial charge in [-0.15, -0.1) is 0 Å². The fourth-order valence-corrected chi connectivity index (χ4v) is 4.86. The molecule has 0 saturated heterocycles. The lowest BCUT2D eigenvalue weighted by Gasteiger charge is -2.20. The SMILES string of the molecule is CCc1cccc(CC)c1-c1cc(OC(C)C)c(COc2ccc3c(c2)CCCC3)c(C)n1. The van der Waals surface area contributed by atoms with Crippen LogP contribution in [0.25, 0.3) is 11.3 Å². The van der Waals surface area contributed by atoms with Gasteiger partial charge >= 0.3 is 0 Å². The van der Waals surface area contributed by atoms with Crippen LogP contribution in [0.15, 0.2) is 42.5 Å². The van der Waals surface area contributed by atoms with Gasteiger partial charge in [0.15, 0.2) is 0 Å². The zero-order valence-corrected chi connectivity index (χ0v) is 20.8. The summed E-state index contributed by atoms with van der Waals surface area (Å²) in [6, 6.07) is 15.3. The summed E-state index contributed by atoms with van der Waals surface area (Å²) >= 11 is 0. The molecule has 4 rings (SSSR count). The molecule has 0 unspecified atom stereocenters. The third kappa shape index (κ3) is 5.24. The van der Waals surface area contributed by atoms with Gasteiger partial charge < -0.3 is 9.47 Å². The van der Waals surface area contributed by atoms with Crippen LogP contribution in [0.1, 0.15) is 74.0 Å². The van der Waals surface area contributed by atoms with Crippen molar-refractivity contribution in [3.05, 3.63) is 76.0 Å². The first kappa shape index (κ1) is 23.4. The minimum Gasteiger partial charge on any atom is -0.490 e. The second kappa shape index (κ2) is 10.4. The van der Waals surface area contributed by atoms with Crippen LogP contribution in [-0.2, 0) is 32.3 Å². The molecular weight excluding hydrogens is 406 g/mol. The average Bonchev–Trinajstić information content (AvgIpc) is 2.82. The van der Waals surface area contributed by atoms with E-state index in [1.807, 2.05) is 0 Å². The predicted molar refractivity (Wildman–Crippen MR) is 136 cm³/mol. The molecule has 2 aromatic carbocycles. The molecule has 0 fully saturated rings. The van der Waals surface area contributed by atoms with Gasteiger partial charge in [0.2, 0.25) is 0 Å². The third-order valence-corrected chi connectivity index (χ3v) is 6.61. The molecular formula is C30H37NO2. The molecule has 3 heteroatoms. The zero-order chi connectivity index (χ0) is 23.4. The van der Waals surface area contributed by atoms with E-state index in [-0.39, 0.29) is 6.10 Å². The van der Waals surface area contributed by atoms with Gasteiger partial charge in [-0.25, -0.2) is 0 Å². The van der Waals surface area contributed by atoms with E-state index in [0.29, 0.717) is 6.61 Å². The molecule has 33 heavy (non-hydrogen) atoms. The molecule has 0 spiro atoms. The predicted octanol–water partition coefficient (Wildman–Crippen LogP) is 7.43. The van der Waals surface area contributed by atoms with Crippen LogP contribution in [0.4, 0.5) is 0 Å². The number of rotatable bonds is 8. The molecule has 1 aromatic heterocycles. The summed E-state index contributed by atoms with van der Waals surface area (Å²) in [5.74, 6) is 1.80. The number of ether oxygens (including phenoxy) is 2. The fraction of sp³-hybridized carbons (Fsp3) is 0.433. The Kier molecular flexibility index (Phi) is 7.37. The second-order valence-corrected chi connectivity index (χ2v) is 9.32. The van der Waals surface area contributed by atoms with Crippen molar-refractivity contribution in [3.8, 4) is 22.8 Å². The van der Waals surface area contributed by atoms with E-state index in [1.54, 1.807) is 0 Å². The molecule has 0 aliphatic heterocycles. The lowest BCUT2D eigenvalue weighted by Crippen LogP contribution is -2.12. The first-order valence-corrected chi connectivity index (χ1v) is 12.5. The Morgan fingerprint density at radius 3 is 2.27 bits per heavy atom. The van der Waals surface area contributed by atoms with Gasteiger partial charge in [-0.05, 0) is 93.7 Å². The third-order valence-electron chi connectivity index (χ3n) is 6.61. The summed E-state index contributed by atoms with van der Waals surface area (Å²) < 4.78 is 12.6. The van der Waals surface area contributed by atoms with Crippen LogP contribution in [0.3, 0.4) is 0 Å². The van der Waals surface area contributed by atoms with Crippen LogP contribution >= 0.6 is 0 Å². The molecule has 3 nitrogen and oxygen atoms in total. The maximum absolute atomic E-state index is 6.29. The Labute approximate surface area is 199 Å². The number of pyridine rings is 1. The molecule has 1 aliphatic carbocycles. The van der Waals surface area contributed by atoms with Gasteiger partial charge in [-0.3, -0.25) is 4.98 Å². The monoisotopic (exact) mass is 443 g/mol. The number of aromatic nitrogens is 1. The van der Waals surface area contributed by atoms with E-state index in [9.17, 15) is 0 Å². The van der Waals surface area contributed by atoms with E-state index in [4.69, 9.17) is 14.5 Å². The Morgan fingerprint density at radius 2 is 1.61 bits per heavy atom. The summed E-state index contributed by atoms with van der Waals surface area (Å²) in [6.07, 6.45) is 6.94. The highest BCUT2D eigenvalue weighted by atomic mass is 16.5. The number of nitrogens with zero attached hydrogens (tertiary/aromatic N) is 1. The van der Waals surface area contributed by atoms with Crippen LogP contribution < -0.4 is 9.47 Å². The summed E-state index contributed by atoms with van der Waals surface area (Å²) in [7, 11) is 0. The van der Waals surface area contributed by atoms with Gasteiger partial charge in [0.05, 0.1) is 17.4 Å². The summed E-state index contributed by atoms with van der Waals surface area (Å²) in [4.78, 5) is 5.05. The van der Waals surface area contributed by atoms with Gasteiger partial charge in [0.1, 0.15) is 18.1 Å². The van der Waals surface area contributed by atoms with Crippen molar-refractivity contribution in [2.24, 2.45) is 0 Å².